The monoisotopic (exact) mass is 286 g/mol. The van der Waals surface area contributed by atoms with Gasteiger partial charge in [-0.25, -0.2) is 0 Å². The summed E-state index contributed by atoms with van der Waals surface area (Å²) in [7, 11) is 3.39. The molecule has 1 heterocycles. The molecule has 0 aliphatic heterocycles. The van der Waals surface area contributed by atoms with Crippen molar-refractivity contribution in [2.45, 2.75) is 13.8 Å². The quantitative estimate of drug-likeness (QED) is 0.943. The van der Waals surface area contributed by atoms with Crippen LogP contribution in [0.4, 0.5) is 5.69 Å². The van der Waals surface area contributed by atoms with Crippen molar-refractivity contribution < 1.29 is 14.0 Å². The summed E-state index contributed by atoms with van der Waals surface area (Å²) in [5, 5.41) is 2.78. The van der Waals surface area contributed by atoms with E-state index in [-0.39, 0.29) is 11.8 Å². The lowest BCUT2D eigenvalue weighted by Gasteiger charge is -2.10. The highest BCUT2D eigenvalue weighted by atomic mass is 16.3. The van der Waals surface area contributed by atoms with Gasteiger partial charge in [-0.05, 0) is 44.2 Å². The predicted octanol–water partition coefficient (Wildman–Crippen LogP) is 2.85. The molecule has 0 saturated heterocycles. The average Bonchev–Trinajstić information content (AvgIpc) is 2.77. The summed E-state index contributed by atoms with van der Waals surface area (Å²) in [5.41, 5.74) is 1.72. The Balaban J connectivity index is 2.12. The predicted molar refractivity (Wildman–Crippen MR) is 80.6 cm³/mol. The van der Waals surface area contributed by atoms with Crippen molar-refractivity contribution >= 4 is 17.5 Å². The second-order valence-corrected chi connectivity index (χ2v) is 5.06. The summed E-state index contributed by atoms with van der Waals surface area (Å²) < 4.78 is 5.34. The number of nitrogens with zero attached hydrogens (tertiary/aromatic N) is 1. The van der Waals surface area contributed by atoms with Crippen LogP contribution in [0.15, 0.2) is 34.7 Å². The molecule has 5 nitrogen and oxygen atoms in total. The van der Waals surface area contributed by atoms with Crippen molar-refractivity contribution in [3.05, 3.63) is 53.0 Å². The highest BCUT2D eigenvalue weighted by Gasteiger charge is 2.14. The topological polar surface area (TPSA) is 62.6 Å². The van der Waals surface area contributed by atoms with E-state index >= 15 is 0 Å². The molecule has 1 N–H and O–H groups in total. The maximum absolute atomic E-state index is 12.1. The molecule has 0 aliphatic rings. The molecular formula is C16H18N2O3. The van der Waals surface area contributed by atoms with Crippen LogP contribution in [0.2, 0.25) is 0 Å². The number of carbonyl (C=O) groups excluding carboxylic acids is 2. The van der Waals surface area contributed by atoms with Crippen LogP contribution in [0.25, 0.3) is 0 Å². The molecule has 2 amide bonds. The normalized spacial score (nSPS) is 10.3. The van der Waals surface area contributed by atoms with Crippen LogP contribution in [-0.2, 0) is 0 Å². The SMILES string of the molecule is Cc1cc(C(=O)Nc2ccc(C(=O)N(C)C)cc2)c(C)o1. The standard InChI is InChI=1S/C16H18N2O3/c1-10-9-14(11(2)21-10)15(19)17-13-7-5-12(6-8-13)16(20)18(3)4/h5-9H,1-4H3,(H,17,19). The van der Waals surface area contributed by atoms with Gasteiger partial charge in [0.25, 0.3) is 11.8 Å². The number of furan rings is 1. The summed E-state index contributed by atoms with van der Waals surface area (Å²) in [4.78, 5) is 25.4. The third kappa shape index (κ3) is 3.31. The molecule has 0 spiro atoms. The van der Waals surface area contributed by atoms with Crippen molar-refractivity contribution in [1.29, 1.82) is 0 Å². The molecule has 0 saturated carbocycles. The van der Waals surface area contributed by atoms with Crippen LogP contribution in [0.3, 0.4) is 0 Å². The Morgan fingerprint density at radius 2 is 1.71 bits per heavy atom. The van der Waals surface area contributed by atoms with Crippen molar-refractivity contribution in [2.24, 2.45) is 0 Å². The highest BCUT2D eigenvalue weighted by Crippen LogP contribution is 2.17. The molecule has 0 aliphatic carbocycles. The molecule has 0 fully saturated rings. The lowest BCUT2D eigenvalue weighted by Crippen LogP contribution is -2.21. The molecule has 0 atom stereocenters. The first-order valence-electron chi connectivity index (χ1n) is 6.58. The largest absolute Gasteiger partial charge is 0.466 e. The van der Waals surface area contributed by atoms with Crippen molar-refractivity contribution in [1.82, 2.24) is 4.90 Å². The molecule has 0 unspecified atom stereocenters. The minimum absolute atomic E-state index is 0.0748. The first-order valence-corrected chi connectivity index (χ1v) is 6.58. The van der Waals surface area contributed by atoms with Gasteiger partial charge in [-0.1, -0.05) is 0 Å². The zero-order valence-corrected chi connectivity index (χ0v) is 12.6. The Hall–Kier alpha value is -2.56. The van der Waals surface area contributed by atoms with E-state index in [0.29, 0.717) is 28.3 Å². The van der Waals surface area contributed by atoms with Crippen LogP contribution in [0, 0.1) is 13.8 Å². The van der Waals surface area contributed by atoms with Gasteiger partial charge >= 0.3 is 0 Å². The molecule has 21 heavy (non-hydrogen) atoms. The Kier molecular flexibility index (Phi) is 4.12. The van der Waals surface area contributed by atoms with E-state index in [9.17, 15) is 9.59 Å². The number of carbonyl (C=O) groups is 2. The molecule has 1 aromatic carbocycles. The Bertz CT molecular complexity index is 669. The van der Waals surface area contributed by atoms with Gasteiger partial charge in [0.15, 0.2) is 0 Å². The fourth-order valence-corrected chi connectivity index (χ4v) is 2.01. The molecular weight excluding hydrogens is 268 g/mol. The summed E-state index contributed by atoms with van der Waals surface area (Å²) in [6.07, 6.45) is 0. The van der Waals surface area contributed by atoms with Crippen molar-refractivity contribution in [2.75, 3.05) is 19.4 Å². The molecule has 5 heteroatoms. The van der Waals surface area contributed by atoms with Gasteiger partial charge in [0.2, 0.25) is 0 Å². The molecule has 1 aromatic heterocycles. The van der Waals surface area contributed by atoms with Gasteiger partial charge in [0, 0.05) is 25.3 Å². The van der Waals surface area contributed by atoms with E-state index in [1.54, 1.807) is 58.3 Å². The second-order valence-electron chi connectivity index (χ2n) is 5.06. The number of anilines is 1. The zero-order valence-electron chi connectivity index (χ0n) is 12.6. The minimum atomic E-state index is -0.226. The van der Waals surface area contributed by atoms with Crippen LogP contribution in [0.5, 0.6) is 0 Å². The summed E-state index contributed by atoms with van der Waals surface area (Å²) >= 11 is 0. The van der Waals surface area contributed by atoms with Crippen molar-refractivity contribution in [3.63, 3.8) is 0 Å². The van der Waals surface area contributed by atoms with E-state index in [2.05, 4.69) is 5.32 Å². The number of hydrogen-bond acceptors (Lipinski definition) is 3. The number of nitrogens with one attached hydrogen (secondary N) is 1. The van der Waals surface area contributed by atoms with Gasteiger partial charge in [-0.2, -0.15) is 0 Å². The van der Waals surface area contributed by atoms with E-state index in [1.807, 2.05) is 0 Å². The summed E-state index contributed by atoms with van der Waals surface area (Å²) in [6, 6.07) is 8.49. The summed E-state index contributed by atoms with van der Waals surface area (Å²) in [6.45, 7) is 3.55. The maximum atomic E-state index is 12.1. The number of hydrogen-bond donors (Lipinski definition) is 1. The van der Waals surface area contributed by atoms with Gasteiger partial charge in [-0.3, -0.25) is 9.59 Å². The molecule has 110 valence electrons. The third-order valence-electron chi connectivity index (χ3n) is 3.08. The zero-order chi connectivity index (χ0) is 15.6. The van der Waals surface area contributed by atoms with Crippen LogP contribution in [-0.4, -0.2) is 30.8 Å². The average molecular weight is 286 g/mol. The van der Waals surface area contributed by atoms with E-state index in [1.165, 1.54) is 4.90 Å². The van der Waals surface area contributed by atoms with Gasteiger partial charge in [-0.15, -0.1) is 0 Å². The molecule has 2 aromatic rings. The third-order valence-corrected chi connectivity index (χ3v) is 3.08. The molecule has 0 radical (unpaired) electrons. The van der Waals surface area contributed by atoms with Crippen LogP contribution < -0.4 is 5.32 Å². The lowest BCUT2D eigenvalue weighted by atomic mass is 10.1. The van der Waals surface area contributed by atoms with E-state index < -0.39 is 0 Å². The first-order chi connectivity index (χ1) is 9.88. The second kappa shape index (κ2) is 5.83. The Labute approximate surface area is 123 Å². The smallest absolute Gasteiger partial charge is 0.259 e. The van der Waals surface area contributed by atoms with Crippen molar-refractivity contribution in [3.8, 4) is 0 Å². The fraction of sp³-hybridized carbons (Fsp3) is 0.250. The van der Waals surface area contributed by atoms with Crippen LogP contribution in [0.1, 0.15) is 32.2 Å². The molecule has 0 bridgehead atoms. The highest BCUT2D eigenvalue weighted by molar-refractivity contribution is 6.05. The number of aryl methyl sites for hydroxylation is 2. The Morgan fingerprint density at radius 1 is 1.10 bits per heavy atom. The summed E-state index contributed by atoms with van der Waals surface area (Å²) in [5.74, 6) is 0.985. The van der Waals surface area contributed by atoms with Gasteiger partial charge in [0.1, 0.15) is 11.5 Å². The molecule has 2 rings (SSSR count). The Morgan fingerprint density at radius 3 is 2.19 bits per heavy atom. The van der Waals surface area contributed by atoms with Crippen LogP contribution >= 0.6 is 0 Å². The number of amides is 2. The lowest BCUT2D eigenvalue weighted by molar-refractivity contribution is 0.0827. The first kappa shape index (κ1) is 14.8. The maximum Gasteiger partial charge on any atom is 0.259 e. The number of benzene rings is 1. The van der Waals surface area contributed by atoms with E-state index in [4.69, 9.17) is 4.42 Å². The van der Waals surface area contributed by atoms with Gasteiger partial charge in [0.05, 0.1) is 5.56 Å². The number of rotatable bonds is 3. The van der Waals surface area contributed by atoms with E-state index in [0.717, 1.165) is 0 Å². The minimum Gasteiger partial charge on any atom is -0.466 e. The van der Waals surface area contributed by atoms with Gasteiger partial charge < -0.3 is 14.6 Å². The fourth-order valence-electron chi connectivity index (χ4n) is 2.01.